The molecule has 0 aliphatic carbocycles. The zero-order valence-corrected chi connectivity index (χ0v) is 10.8. The second-order valence-corrected chi connectivity index (χ2v) is 5.51. The lowest BCUT2D eigenvalue weighted by molar-refractivity contribution is -0.146. The largest absolute Gasteiger partial charge is 0.481 e. The van der Waals surface area contributed by atoms with Gasteiger partial charge in [0.2, 0.25) is 5.91 Å². The van der Waals surface area contributed by atoms with Crippen molar-refractivity contribution in [1.82, 2.24) is 4.90 Å². The standard InChI is InChI=1S/C11H19NO3S/c1-7-4-5-9(11(14)15)6-12(7)10(13)8(2)16-3/h7-9H,4-6H2,1-3H3,(H,14,15). The van der Waals surface area contributed by atoms with Crippen LogP contribution in [0.15, 0.2) is 0 Å². The third-order valence-electron chi connectivity index (χ3n) is 3.22. The fraction of sp³-hybridized carbons (Fsp3) is 0.818. The number of thioether (sulfide) groups is 1. The van der Waals surface area contributed by atoms with E-state index in [9.17, 15) is 9.59 Å². The Morgan fingerprint density at radius 3 is 2.56 bits per heavy atom. The number of amides is 1. The number of nitrogens with zero attached hydrogens (tertiary/aromatic N) is 1. The second kappa shape index (κ2) is 5.57. The maximum Gasteiger partial charge on any atom is 0.308 e. The Bertz CT molecular complexity index is 282. The van der Waals surface area contributed by atoms with E-state index in [-0.39, 0.29) is 17.2 Å². The molecule has 1 amide bonds. The Kier molecular flexibility index (Phi) is 4.65. The SMILES string of the molecule is CSC(C)C(=O)N1CC(C(=O)O)CCC1C. The molecule has 0 spiro atoms. The van der Waals surface area contributed by atoms with E-state index in [0.29, 0.717) is 13.0 Å². The van der Waals surface area contributed by atoms with Crippen molar-refractivity contribution in [3.63, 3.8) is 0 Å². The molecule has 92 valence electrons. The molecule has 1 N–H and O–H groups in total. The van der Waals surface area contributed by atoms with Crippen molar-refractivity contribution in [2.45, 2.75) is 38.0 Å². The number of likely N-dealkylation sites (tertiary alicyclic amines) is 1. The van der Waals surface area contributed by atoms with E-state index >= 15 is 0 Å². The molecule has 0 saturated carbocycles. The highest BCUT2D eigenvalue weighted by Gasteiger charge is 2.33. The lowest BCUT2D eigenvalue weighted by Gasteiger charge is -2.37. The number of carboxylic acid groups (broad SMARTS) is 1. The quantitative estimate of drug-likeness (QED) is 0.817. The minimum Gasteiger partial charge on any atom is -0.481 e. The fourth-order valence-corrected chi connectivity index (χ4v) is 2.29. The van der Waals surface area contributed by atoms with Gasteiger partial charge in [-0.25, -0.2) is 0 Å². The van der Waals surface area contributed by atoms with Crippen molar-refractivity contribution in [3.05, 3.63) is 0 Å². The average molecular weight is 245 g/mol. The van der Waals surface area contributed by atoms with Crippen LogP contribution in [0.25, 0.3) is 0 Å². The van der Waals surface area contributed by atoms with Gasteiger partial charge in [-0.3, -0.25) is 9.59 Å². The van der Waals surface area contributed by atoms with Gasteiger partial charge in [-0.05, 0) is 32.9 Å². The summed E-state index contributed by atoms with van der Waals surface area (Å²) in [5, 5.41) is 8.89. The number of hydrogen-bond acceptors (Lipinski definition) is 3. The number of carbonyl (C=O) groups excluding carboxylic acids is 1. The highest BCUT2D eigenvalue weighted by atomic mass is 32.2. The Morgan fingerprint density at radius 2 is 2.06 bits per heavy atom. The molecule has 0 aromatic heterocycles. The Hall–Kier alpha value is -0.710. The summed E-state index contributed by atoms with van der Waals surface area (Å²) in [4.78, 5) is 24.7. The van der Waals surface area contributed by atoms with Crippen LogP contribution in [0, 0.1) is 5.92 Å². The van der Waals surface area contributed by atoms with E-state index in [1.807, 2.05) is 20.1 Å². The number of rotatable bonds is 3. The normalized spacial score (nSPS) is 27.6. The van der Waals surface area contributed by atoms with E-state index in [4.69, 9.17) is 5.11 Å². The van der Waals surface area contributed by atoms with Gasteiger partial charge in [0, 0.05) is 12.6 Å². The van der Waals surface area contributed by atoms with Crippen LogP contribution in [0.5, 0.6) is 0 Å². The van der Waals surface area contributed by atoms with Crippen LogP contribution >= 0.6 is 11.8 Å². The van der Waals surface area contributed by atoms with Gasteiger partial charge in [0.1, 0.15) is 0 Å². The van der Waals surface area contributed by atoms with Gasteiger partial charge < -0.3 is 10.0 Å². The van der Waals surface area contributed by atoms with Gasteiger partial charge in [-0.15, -0.1) is 0 Å². The molecule has 0 aromatic carbocycles. The number of piperidine rings is 1. The Labute approximate surface area is 100 Å². The average Bonchev–Trinajstić information content (AvgIpc) is 2.27. The van der Waals surface area contributed by atoms with Crippen molar-refractivity contribution in [2.24, 2.45) is 5.92 Å². The van der Waals surface area contributed by atoms with Gasteiger partial charge in [0.25, 0.3) is 0 Å². The summed E-state index contributed by atoms with van der Waals surface area (Å²) in [6, 6.07) is 0.165. The summed E-state index contributed by atoms with van der Waals surface area (Å²) in [6.45, 7) is 4.22. The molecule has 16 heavy (non-hydrogen) atoms. The molecule has 1 rings (SSSR count). The fourth-order valence-electron chi connectivity index (χ4n) is 1.95. The summed E-state index contributed by atoms with van der Waals surface area (Å²) in [5.41, 5.74) is 0. The molecular formula is C11H19NO3S. The first-order chi connectivity index (χ1) is 7.47. The van der Waals surface area contributed by atoms with E-state index in [2.05, 4.69) is 0 Å². The molecule has 1 saturated heterocycles. The summed E-state index contributed by atoms with van der Waals surface area (Å²) >= 11 is 1.50. The predicted octanol–water partition coefficient (Wildman–Crippen LogP) is 1.45. The van der Waals surface area contributed by atoms with E-state index < -0.39 is 11.9 Å². The molecule has 1 aliphatic rings. The second-order valence-electron chi connectivity index (χ2n) is 4.33. The summed E-state index contributed by atoms with van der Waals surface area (Å²) in [6.07, 6.45) is 3.35. The van der Waals surface area contributed by atoms with Gasteiger partial charge in [0.15, 0.2) is 0 Å². The molecule has 3 atom stereocenters. The van der Waals surface area contributed by atoms with Crippen LogP contribution in [-0.2, 0) is 9.59 Å². The van der Waals surface area contributed by atoms with Crippen molar-refractivity contribution in [1.29, 1.82) is 0 Å². The first-order valence-corrected chi connectivity index (χ1v) is 6.82. The Balaban J connectivity index is 2.69. The summed E-state index contributed by atoms with van der Waals surface area (Å²) in [5.74, 6) is -1.12. The van der Waals surface area contributed by atoms with Gasteiger partial charge >= 0.3 is 5.97 Å². The molecule has 1 fully saturated rings. The van der Waals surface area contributed by atoms with Crippen LogP contribution < -0.4 is 0 Å². The molecular weight excluding hydrogens is 226 g/mol. The number of carbonyl (C=O) groups is 2. The summed E-state index contributed by atoms with van der Waals surface area (Å²) < 4.78 is 0. The van der Waals surface area contributed by atoms with Crippen LogP contribution in [-0.4, -0.2) is 46.0 Å². The third kappa shape index (κ3) is 2.90. The monoisotopic (exact) mass is 245 g/mol. The third-order valence-corrected chi connectivity index (χ3v) is 4.12. The molecule has 1 aliphatic heterocycles. The molecule has 0 bridgehead atoms. The van der Waals surface area contributed by atoms with Crippen molar-refractivity contribution >= 4 is 23.6 Å². The Morgan fingerprint density at radius 1 is 1.44 bits per heavy atom. The number of aliphatic carboxylic acids is 1. The van der Waals surface area contributed by atoms with Crippen molar-refractivity contribution < 1.29 is 14.7 Å². The topological polar surface area (TPSA) is 57.6 Å². The maximum atomic E-state index is 12.0. The molecule has 1 heterocycles. The lowest BCUT2D eigenvalue weighted by atomic mass is 9.93. The number of carboxylic acids is 1. The highest BCUT2D eigenvalue weighted by molar-refractivity contribution is 7.99. The first-order valence-electron chi connectivity index (χ1n) is 5.53. The smallest absolute Gasteiger partial charge is 0.308 e. The molecule has 0 aromatic rings. The van der Waals surface area contributed by atoms with Crippen molar-refractivity contribution in [3.8, 4) is 0 Å². The van der Waals surface area contributed by atoms with Gasteiger partial charge in [0.05, 0.1) is 11.2 Å². The minimum atomic E-state index is -0.790. The molecule has 3 unspecified atom stereocenters. The number of hydrogen-bond donors (Lipinski definition) is 1. The maximum absolute atomic E-state index is 12.0. The lowest BCUT2D eigenvalue weighted by Crippen LogP contribution is -2.49. The van der Waals surface area contributed by atoms with Crippen LogP contribution in [0.1, 0.15) is 26.7 Å². The summed E-state index contributed by atoms with van der Waals surface area (Å²) in [7, 11) is 0. The molecule has 5 heteroatoms. The van der Waals surface area contributed by atoms with Crippen LogP contribution in [0.2, 0.25) is 0 Å². The molecule has 4 nitrogen and oxygen atoms in total. The van der Waals surface area contributed by atoms with E-state index in [1.54, 1.807) is 4.90 Å². The first kappa shape index (κ1) is 13.4. The van der Waals surface area contributed by atoms with Crippen LogP contribution in [0.4, 0.5) is 0 Å². The van der Waals surface area contributed by atoms with E-state index in [1.165, 1.54) is 11.8 Å². The van der Waals surface area contributed by atoms with E-state index in [0.717, 1.165) is 6.42 Å². The van der Waals surface area contributed by atoms with Gasteiger partial charge in [-0.1, -0.05) is 0 Å². The zero-order chi connectivity index (χ0) is 12.3. The predicted molar refractivity (Wildman–Crippen MR) is 64.5 cm³/mol. The zero-order valence-electron chi connectivity index (χ0n) is 9.97. The van der Waals surface area contributed by atoms with Crippen molar-refractivity contribution in [2.75, 3.05) is 12.8 Å². The highest BCUT2D eigenvalue weighted by Crippen LogP contribution is 2.24. The molecule has 0 radical (unpaired) electrons. The van der Waals surface area contributed by atoms with Gasteiger partial charge in [-0.2, -0.15) is 11.8 Å². The van der Waals surface area contributed by atoms with Crippen LogP contribution in [0.3, 0.4) is 0 Å². The minimum absolute atomic E-state index is 0.0611.